The Morgan fingerprint density at radius 1 is 0.848 bits per heavy atom. The van der Waals surface area contributed by atoms with Gasteiger partial charge in [-0.25, -0.2) is 0 Å². The first-order chi connectivity index (χ1) is 22.3. The molecule has 0 spiro atoms. The lowest BCUT2D eigenvalue weighted by molar-refractivity contribution is -0.142. The Morgan fingerprint density at radius 3 is 2.09 bits per heavy atom. The summed E-state index contributed by atoms with van der Waals surface area (Å²) in [5.74, 6) is -1.51. The van der Waals surface area contributed by atoms with E-state index in [0.717, 1.165) is 11.1 Å². The van der Waals surface area contributed by atoms with Gasteiger partial charge in [-0.2, -0.15) is 12.6 Å². The number of carbonyl (C=O) groups excluding carboxylic acids is 5. The average Bonchev–Trinajstić information content (AvgIpc) is 3.21. The third-order valence-corrected chi connectivity index (χ3v) is 9.39. The van der Waals surface area contributed by atoms with Crippen molar-refractivity contribution < 1.29 is 24.0 Å². The molecule has 0 aliphatic carbocycles. The number of imide groups is 1. The number of likely N-dealkylation sites (tertiary alicyclic amines) is 1. The van der Waals surface area contributed by atoms with Crippen LogP contribution in [0.5, 0.6) is 0 Å². The van der Waals surface area contributed by atoms with Gasteiger partial charge in [-0.15, -0.1) is 0 Å². The molecule has 1 unspecified atom stereocenters. The lowest BCUT2D eigenvalue weighted by atomic mass is 9.90. The smallest absolute Gasteiger partial charge is 0.261 e. The fraction of sp³-hybridized carbons (Fsp3) is 0.361. The second-order valence-electron chi connectivity index (χ2n) is 11.9. The van der Waals surface area contributed by atoms with Crippen LogP contribution in [0.15, 0.2) is 84.9 Å². The van der Waals surface area contributed by atoms with E-state index < -0.39 is 17.3 Å². The maximum atomic E-state index is 14.1. The van der Waals surface area contributed by atoms with Gasteiger partial charge in [-0.3, -0.25) is 28.9 Å². The summed E-state index contributed by atoms with van der Waals surface area (Å²) in [6.45, 7) is 0.628. The molecular weight excluding hydrogens is 600 g/mol. The second-order valence-corrected chi connectivity index (χ2v) is 12.5. The van der Waals surface area contributed by atoms with E-state index in [-0.39, 0.29) is 42.0 Å². The second kappa shape index (κ2) is 15.2. The first-order valence-corrected chi connectivity index (χ1v) is 16.3. The van der Waals surface area contributed by atoms with Gasteiger partial charge in [-0.05, 0) is 54.9 Å². The van der Waals surface area contributed by atoms with Crippen molar-refractivity contribution >= 4 is 42.2 Å². The third-order valence-electron chi connectivity index (χ3n) is 8.89. The molecule has 5 rings (SSSR count). The molecule has 0 aromatic heterocycles. The summed E-state index contributed by atoms with van der Waals surface area (Å²) >= 11 is 4.56. The van der Waals surface area contributed by atoms with Crippen LogP contribution in [0.1, 0.15) is 69.9 Å². The number of nitrogens with one attached hydrogen (secondary N) is 2. The van der Waals surface area contributed by atoms with Crippen molar-refractivity contribution in [2.45, 2.75) is 61.8 Å². The highest BCUT2D eigenvalue weighted by Crippen LogP contribution is 2.30. The summed E-state index contributed by atoms with van der Waals surface area (Å²) in [4.78, 5) is 68.9. The SMILES string of the molecule is CNC(=O)[C@H](Cc1ccccc1)N1CC[C@H](c2ccccc2)C[C@H](NC(=O)C(S)CCCCN2C(=O)c3ccccc3C2=O)C1=O. The number of thiol groups is 1. The Labute approximate surface area is 275 Å². The number of nitrogens with zero attached hydrogens (tertiary/aromatic N) is 2. The van der Waals surface area contributed by atoms with Crippen LogP contribution < -0.4 is 10.6 Å². The summed E-state index contributed by atoms with van der Waals surface area (Å²) in [5, 5.41) is 4.99. The van der Waals surface area contributed by atoms with Crippen molar-refractivity contribution in [3.8, 4) is 0 Å². The van der Waals surface area contributed by atoms with Crippen molar-refractivity contribution in [2.24, 2.45) is 0 Å². The molecular formula is C36H40N4O5S. The Kier molecular flexibility index (Phi) is 10.9. The van der Waals surface area contributed by atoms with Crippen LogP contribution >= 0.6 is 12.6 Å². The fourth-order valence-electron chi connectivity index (χ4n) is 6.36. The number of fused-ring (bicyclic) bond motifs is 1. The molecule has 9 nitrogen and oxygen atoms in total. The summed E-state index contributed by atoms with van der Waals surface area (Å²) in [5.41, 5.74) is 2.84. The molecule has 5 amide bonds. The quantitative estimate of drug-likeness (QED) is 0.157. The molecule has 10 heteroatoms. The summed E-state index contributed by atoms with van der Waals surface area (Å²) < 4.78 is 0. The van der Waals surface area contributed by atoms with Crippen molar-refractivity contribution in [1.29, 1.82) is 0 Å². The molecule has 3 aromatic carbocycles. The van der Waals surface area contributed by atoms with Crippen molar-refractivity contribution in [1.82, 2.24) is 20.4 Å². The number of likely N-dealkylation sites (N-methyl/N-ethyl adjacent to an activating group) is 1. The molecule has 0 bridgehead atoms. The van der Waals surface area contributed by atoms with Crippen LogP contribution in [-0.4, -0.2) is 76.8 Å². The number of hydrogen-bond acceptors (Lipinski definition) is 6. The Hall–Kier alpha value is -4.44. The van der Waals surface area contributed by atoms with Crippen molar-refractivity contribution in [3.63, 3.8) is 0 Å². The molecule has 0 radical (unpaired) electrons. The maximum Gasteiger partial charge on any atom is 0.261 e. The van der Waals surface area contributed by atoms with Crippen LogP contribution in [0.25, 0.3) is 0 Å². The lowest BCUT2D eigenvalue weighted by Crippen LogP contribution is -2.56. The third kappa shape index (κ3) is 7.50. The summed E-state index contributed by atoms with van der Waals surface area (Å²) in [7, 11) is 1.56. The Bertz CT molecular complexity index is 1530. The molecule has 2 aliphatic rings. The Balaban J connectivity index is 1.24. The molecule has 240 valence electrons. The standard InChI is InChI=1S/C36H40N4O5S/c1-37-32(41)30(22-24-12-4-2-5-13-24)39-21-19-26(25-14-6-3-7-15-25)23-29(36(39)45)38-33(42)31(46)18-10-11-20-40-34(43)27-16-8-9-17-28(27)35(40)44/h2-9,12-17,26,29-31,46H,10-11,18-23H2,1H3,(H,37,41)(H,38,42)/t26-,29-,30-,31?/m0/s1. The highest BCUT2D eigenvalue weighted by Gasteiger charge is 2.39. The van der Waals surface area contributed by atoms with E-state index in [1.165, 1.54) is 4.90 Å². The van der Waals surface area contributed by atoms with E-state index in [9.17, 15) is 24.0 Å². The van der Waals surface area contributed by atoms with Crippen LogP contribution in [0.4, 0.5) is 0 Å². The van der Waals surface area contributed by atoms with Gasteiger partial charge in [0.1, 0.15) is 12.1 Å². The molecule has 1 fully saturated rings. The number of rotatable bonds is 12. The summed E-state index contributed by atoms with van der Waals surface area (Å²) in [6, 6.07) is 24.7. The maximum absolute atomic E-state index is 14.1. The van der Waals surface area contributed by atoms with Crippen LogP contribution in [0, 0.1) is 0 Å². The van der Waals surface area contributed by atoms with Crippen molar-refractivity contribution in [3.05, 3.63) is 107 Å². The molecule has 0 saturated carbocycles. The van der Waals surface area contributed by atoms with Gasteiger partial charge in [0.15, 0.2) is 0 Å². The normalized spacial score (nSPS) is 19.3. The van der Waals surface area contributed by atoms with E-state index in [0.29, 0.717) is 56.2 Å². The monoisotopic (exact) mass is 640 g/mol. The number of unbranched alkanes of at least 4 members (excludes halogenated alkanes) is 1. The van der Waals surface area contributed by atoms with Crippen LogP contribution in [-0.2, 0) is 20.8 Å². The first kappa shape index (κ1) is 32.9. The zero-order chi connectivity index (χ0) is 32.6. The van der Waals surface area contributed by atoms with Gasteiger partial charge in [0.05, 0.1) is 16.4 Å². The minimum atomic E-state index is -0.837. The van der Waals surface area contributed by atoms with Crippen LogP contribution in [0.2, 0.25) is 0 Å². The van der Waals surface area contributed by atoms with E-state index in [2.05, 4.69) is 23.3 Å². The molecule has 4 atom stereocenters. The number of carbonyl (C=O) groups is 5. The van der Waals surface area contributed by atoms with Gasteiger partial charge in [0.25, 0.3) is 11.8 Å². The van der Waals surface area contributed by atoms with Gasteiger partial charge in [0.2, 0.25) is 17.7 Å². The molecule has 2 heterocycles. The van der Waals surface area contributed by atoms with Gasteiger partial charge in [-0.1, -0.05) is 79.2 Å². The molecule has 1 saturated heterocycles. The van der Waals surface area contributed by atoms with Gasteiger partial charge >= 0.3 is 0 Å². The van der Waals surface area contributed by atoms with Crippen LogP contribution in [0.3, 0.4) is 0 Å². The molecule has 46 heavy (non-hydrogen) atoms. The number of benzene rings is 3. The van der Waals surface area contributed by atoms with E-state index in [1.54, 1.807) is 36.2 Å². The van der Waals surface area contributed by atoms with Gasteiger partial charge < -0.3 is 15.5 Å². The van der Waals surface area contributed by atoms with Gasteiger partial charge in [0, 0.05) is 26.6 Å². The number of amides is 5. The minimum absolute atomic E-state index is 0.000499. The van der Waals surface area contributed by atoms with E-state index in [1.807, 2.05) is 60.7 Å². The zero-order valence-electron chi connectivity index (χ0n) is 25.9. The molecule has 2 aliphatic heterocycles. The first-order valence-electron chi connectivity index (χ1n) is 15.8. The minimum Gasteiger partial charge on any atom is -0.357 e. The lowest BCUT2D eigenvalue weighted by Gasteiger charge is -2.32. The van der Waals surface area contributed by atoms with Crippen molar-refractivity contribution in [2.75, 3.05) is 20.1 Å². The largest absolute Gasteiger partial charge is 0.357 e. The topological polar surface area (TPSA) is 116 Å². The average molecular weight is 641 g/mol. The Morgan fingerprint density at radius 2 is 1.46 bits per heavy atom. The van der Waals surface area contributed by atoms with E-state index in [4.69, 9.17) is 0 Å². The predicted molar refractivity (Wildman–Crippen MR) is 178 cm³/mol. The summed E-state index contributed by atoms with van der Waals surface area (Å²) in [6.07, 6.45) is 2.88. The fourth-order valence-corrected chi connectivity index (χ4v) is 6.62. The number of hydrogen-bond donors (Lipinski definition) is 3. The predicted octanol–water partition coefficient (Wildman–Crippen LogP) is 4.00. The molecule has 3 aromatic rings. The zero-order valence-corrected chi connectivity index (χ0v) is 26.8. The van der Waals surface area contributed by atoms with E-state index >= 15 is 0 Å². The highest BCUT2D eigenvalue weighted by molar-refractivity contribution is 7.81. The highest BCUT2D eigenvalue weighted by atomic mass is 32.1. The molecule has 2 N–H and O–H groups in total.